The SMILES string of the molecule is CC(N)Cc1noc(CCC2CCCO2)n1. The van der Waals surface area contributed by atoms with Crippen LogP contribution < -0.4 is 5.73 Å². The first kappa shape index (κ1) is 11.5. The van der Waals surface area contributed by atoms with Crippen molar-refractivity contribution in [2.24, 2.45) is 5.73 Å². The van der Waals surface area contributed by atoms with E-state index >= 15 is 0 Å². The van der Waals surface area contributed by atoms with E-state index in [1.807, 2.05) is 6.92 Å². The Bertz CT molecular complexity index is 319. The second kappa shape index (κ2) is 5.41. The zero-order valence-corrected chi connectivity index (χ0v) is 9.69. The van der Waals surface area contributed by atoms with Gasteiger partial charge in [-0.05, 0) is 26.2 Å². The molecule has 5 nitrogen and oxygen atoms in total. The van der Waals surface area contributed by atoms with E-state index in [2.05, 4.69) is 10.1 Å². The van der Waals surface area contributed by atoms with Crippen LogP contribution in [0.2, 0.25) is 0 Å². The molecule has 16 heavy (non-hydrogen) atoms. The maximum Gasteiger partial charge on any atom is 0.226 e. The van der Waals surface area contributed by atoms with Crippen molar-refractivity contribution in [1.29, 1.82) is 0 Å². The lowest BCUT2D eigenvalue weighted by Crippen LogP contribution is -2.18. The van der Waals surface area contributed by atoms with E-state index in [1.165, 1.54) is 6.42 Å². The average Bonchev–Trinajstić information content (AvgIpc) is 2.84. The molecule has 0 bridgehead atoms. The number of nitrogens with two attached hydrogens (primary N) is 1. The molecule has 0 aliphatic carbocycles. The minimum atomic E-state index is 0.0728. The van der Waals surface area contributed by atoms with Crippen LogP contribution in [0.1, 0.15) is 37.9 Å². The summed E-state index contributed by atoms with van der Waals surface area (Å²) in [7, 11) is 0. The van der Waals surface area contributed by atoms with Gasteiger partial charge < -0.3 is 15.0 Å². The first-order chi connectivity index (χ1) is 7.74. The van der Waals surface area contributed by atoms with Crippen LogP contribution in [0.4, 0.5) is 0 Å². The minimum absolute atomic E-state index is 0.0728. The molecule has 0 aromatic carbocycles. The molecule has 1 aliphatic rings. The number of aryl methyl sites for hydroxylation is 1. The highest BCUT2D eigenvalue weighted by atomic mass is 16.5. The number of ether oxygens (including phenoxy) is 1. The molecule has 2 atom stereocenters. The summed E-state index contributed by atoms with van der Waals surface area (Å²) in [6.45, 7) is 2.83. The number of aromatic nitrogens is 2. The van der Waals surface area contributed by atoms with Crippen LogP contribution in [0.15, 0.2) is 4.52 Å². The quantitative estimate of drug-likeness (QED) is 0.811. The largest absolute Gasteiger partial charge is 0.378 e. The summed E-state index contributed by atoms with van der Waals surface area (Å²) < 4.78 is 10.7. The molecule has 2 unspecified atom stereocenters. The third-order valence-electron chi connectivity index (χ3n) is 2.72. The molecule has 0 radical (unpaired) electrons. The monoisotopic (exact) mass is 225 g/mol. The fourth-order valence-corrected chi connectivity index (χ4v) is 1.92. The molecular formula is C11H19N3O2. The molecule has 2 heterocycles. The lowest BCUT2D eigenvalue weighted by atomic mass is 10.1. The zero-order chi connectivity index (χ0) is 11.4. The van der Waals surface area contributed by atoms with Gasteiger partial charge in [0.25, 0.3) is 0 Å². The Labute approximate surface area is 95.3 Å². The lowest BCUT2D eigenvalue weighted by molar-refractivity contribution is 0.102. The first-order valence-electron chi connectivity index (χ1n) is 5.92. The van der Waals surface area contributed by atoms with Gasteiger partial charge in [-0.1, -0.05) is 5.16 Å². The molecular weight excluding hydrogens is 206 g/mol. The van der Waals surface area contributed by atoms with Gasteiger partial charge in [-0.25, -0.2) is 0 Å². The Hall–Kier alpha value is -0.940. The van der Waals surface area contributed by atoms with Gasteiger partial charge in [-0.2, -0.15) is 4.98 Å². The van der Waals surface area contributed by atoms with E-state index in [4.69, 9.17) is 15.0 Å². The zero-order valence-electron chi connectivity index (χ0n) is 9.69. The third kappa shape index (κ3) is 3.28. The van der Waals surface area contributed by atoms with Crippen LogP contribution in [0.25, 0.3) is 0 Å². The topological polar surface area (TPSA) is 74.2 Å². The lowest BCUT2D eigenvalue weighted by Gasteiger charge is -2.05. The summed E-state index contributed by atoms with van der Waals surface area (Å²) in [4.78, 5) is 4.30. The maximum absolute atomic E-state index is 5.67. The Morgan fingerprint density at radius 3 is 3.12 bits per heavy atom. The van der Waals surface area contributed by atoms with Gasteiger partial charge in [0.15, 0.2) is 5.82 Å². The van der Waals surface area contributed by atoms with Crippen molar-refractivity contribution in [3.63, 3.8) is 0 Å². The van der Waals surface area contributed by atoms with E-state index < -0.39 is 0 Å². The van der Waals surface area contributed by atoms with Gasteiger partial charge in [0.05, 0.1) is 6.10 Å². The predicted octanol–water partition coefficient (Wildman–Crippen LogP) is 1.07. The summed E-state index contributed by atoms with van der Waals surface area (Å²) in [5, 5.41) is 3.89. The van der Waals surface area contributed by atoms with Crippen LogP contribution in [0.5, 0.6) is 0 Å². The number of nitrogens with zero attached hydrogens (tertiary/aromatic N) is 2. The van der Waals surface area contributed by atoms with E-state index in [0.29, 0.717) is 24.2 Å². The molecule has 1 aromatic heterocycles. The molecule has 1 fully saturated rings. The number of hydrogen-bond acceptors (Lipinski definition) is 5. The van der Waals surface area contributed by atoms with Crippen molar-refractivity contribution in [1.82, 2.24) is 10.1 Å². The van der Waals surface area contributed by atoms with Gasteiger partial charge in [0.2, 0.25) is 5.89 Å². The molecule has 5 heteroatoms. The van der Waals surface area contributed by atoms with E-state index in [9.17, 15) is 0 Å². The number of rotatable bonds is 5. The fraction of sp³-hybridized carbons (Fsp3) is 0.818. The molecule has 0 amide bonds. The van der Waals surface area contributed by atoms with Crippen LogP contribution in [0.3, 0.4) is 0 Å². The summed E-state index contributed by atoms with van der Waals surface area (Å²) in [6, 6.07) is 0.0728. The molecule has 1 saturated heterocycles. The normalized spacial score (nSPS) is 22.5. The molecule has 90 valence electrons. The third-order valence-corrected chi connectivity index (χ3v) is 2.72. The van der Waals surface area contributed by atoms with Crippen LogP contribution in [-0.4, -0.2) is 28.9 Å². The minimum Gasteiger partial charge on any atom is -0.378 e. The molecule has 1 aliphatic heterocycles. The second-order valence-corrected chi connectivity index (χ2v) is 4.46. The van der Waals surface area contributed by atoms with E-state index in [0.717, 1.165) is 25.9 Å². The van der Waals surface area contributed by atoms with Crippen molar-refractivity contribution < 1.29 is 9.26 Å². The van der Waals surface area contributed by atoms with Crippen LogP contribution in [0, 0.1) is 0 Å². The number of hydrogen-bond donors (Lipinski definition) is 1. The molecule has 2 rings (SSSR count). The molecule has 2 N–H and O–H groups in total. The van der Waals surface area contributed by atoms with Gasteiger partial charge in [0.1, 0.15) is 0 Å². The molecule has 1 aromatic rings. The van der Waals surface area contributed by atoms with Crippen molar-refractivity contribution in [2.75, 3.05) is 6.61 Å². The van der Waals surface area contributed by atoms with E-state index in [1.54, 1.807) is 0 Å². The average molecular weight is 225 g/mol. The van der Waals surface area contributed by atoms with Gasteiger partial charge in [-0.15, -0.1) is 0 Å². The predicted molar refractivity (Wildman–Crippen MR) is 58.9 cm³/mol. The Morgan fingerprint density at radius 1 is 1.56 bits per heavy atom. The van der Waals surface area contributed by atoms with Crippen LogP contribution in [-0.2, 0) is 17.6 Å². The van der Waals surface area contributed by atoms with Gasteiger partial charge in [-0.3, -0.25) is 0 Å². The van der Waals surface area contributed by atoms with Gasteiger partial charge >= 0.3 is 0 Å². The van der Waals surface area contributed by atoms with Crippen molar-refractivity contribution in [3.8, 4) is 0 Å². The van der Waals surface area contributed by atoms with Crippen molar-refractivity contribution in [3.05, 3.63) is 11.7 Å². The highest BCUT2D eigenvalue weighted by Gasteiger charge is 2.17. The summed E-state index contributed by atoms with van der Waals surface area (Å²) in [5.74, 6) is 1.41. The molecule has 0 saturated carbocycles. The van der Waals surface area contributed by atoms with E-state index in [-0.39, 0.29) is 6.04 Å². The Balaban J connectivity index is 1.78. The highest BCUT2D eigenvalue weighted by Crippen LogP contribution is 2.17. The van der Waals surface area contributed by atoms with Crippen molar-refractivity contribution >= 4 is 0 Å². The Kier molecular flexibility index (Phi) is 3.90. The van der Waals surface area contributed by atoms with Crippen molar-refractivity contribution in [2.45, 2.75) is 51.2 Å². The summed E-state index contributed by atoms with van der Waals surface area (Å²) in [5.41, 5.74) is 5.67. The highest BCUT2D eigenvalue weighted by molar-refractivity contribution is 4.89. The standard InChI is InChI=1S/C11H19N3O2/c1-8(12)7-10-13-11(16-14-10)5-4-9-3-2-6-15-9/h8-9H,2-7,12H2,1H3. The smallest absolute Gasteiger partial charge is 0.226 e. The summed E-state index contributed by atoms with van der Waals surface area (Å²) >= 11 is 0. The first-order valence-corrected chi connectivity index (χ1v) is 5.92. The molecule has 0 spiro atoms. The second-order valence-electron chi connectivity index (χ2n) is 4.46. The fourth-order valence-electron chi connectivity index (χ4n) is 1.92. The van der Waals surface area contributed by atoms with Crippen LogP contribution >= 0.6 is 0 Å². The summed E-state index contributed by atoms with van der Waals surface area (Å²) in [6.07, 6.45) is 5.15. The van der Waals surface area contributed by atoms with Gasteiger partial charge in [0, 0.05) is 25.5 Å². The Morgan fingerprint density at radius 2 is 2.44 bits per heavy atom. The maximum atomic E-state index is 5.67.